The lowest BCUT2D eigenvalue weighted by molar-refractivity contribution is -0.138. The number of nitrogens with one attached hydrogen (secondary N) is 1. The molecule has 1 amide bonds. The van der Waals surface area contributed by atoms with Crippen molar-refractivity contribution in [2.24, 2.45) is 5.41 Å². The van der Waals surface area contributed by atoms with Crippen LogP contribution >= 0.6 is 0 Å². The third kappa shape index (κ3) is 4.78. The third-order valence-corrected chi connectivity index (χ3v) is 3.89. The number of hydrogen-bond acceptors (Lipinski definition) is 3. The van der Waals surface area contributed by atoms with Gasteiger partial charge in [-0.1, -0.05) is 43.9 Å². The van der Waals surface area contributed by atoms with E-state index in [9.17, 15) is 14.0 Å². The second-order valence-corrected chi connectivity index (χ2v) is 6.26. The molecule has 0 spiro atoms. The highest BCUT2D eigenvalue weighted by molar-refractivity contribution is 5.80. The third-order valence-electron chi connectivity index (χ3n) is 3.89. The second-order valence-electron chi connectivity index (χ2n) is 6.26. The van der Waals surface area contributed by atoms with Crippen LogP contribution in [-0.4, -0.2) is 15.7 Å². The summed E-state index contributed by atoms with van der Waals surface area (Å²) in [6.45, 7) is 3.39. The summed E-state index contributed by atoms with van der Waals surface area (Å²) in [6, 6.07) is 10.2. The fourth-order valence-corrected chi connectivity index (χ4v) is 2.14. The minimum atomic E-state index is -0.892. The van der Waals surface area contributed by atoms with E-state index in [1.165, 1.54) is 4.57 Å². The van der Waals surface area contributed by atoms with E-state index in [-0.39, 0.29) is 18.5 Å². The summed E-state index contributed by atoms with van der Waals surface area (Å²) in [4.78, 5) is 23.7. The summed E-state index contributed by atoms with van der Waals surface area (Å²) in [7, 11) is 0. The molecular formula is C19H19FN2O3. The number of carbonyl (C=O) groups excluding carboxylic acids is 1. The molecule has 1 aromatic heterocycles. The van der Waals surface area contributed by atoms with Crippen LogP contribution in [-0.2, 0) is 11.3 Å². The van der Waals surface area contributed by atoms with E-state index in [2.05, 4.69) is 11.8 Å². The van der Waals surface area contributed by atoms with Crippen LogP contribution in [0.3, 0.4) is 0 Å². The molecule has 2 rings (SSSR count). The van der Waals surface area contributed by atoms with Gasteiger partial charge in [-0.25, -0.2) is 9.87 Å². The molecule has 0 aliphatic carbocycles. The van der Waals surface area contributed by atoms with E-state index in [4.69, 9.17) is 5.21 Å². The Bertz CT molecular complexity index is 877. The molecule has 0 fully saturated rings. The van der Waals surface area contributed by atoms with Crippen molar-refractivity contribution in [3.05, 3.63) is 69.9 Å². The van der Waals surface area contributed by atoms with Gasteiger partial charge in [-0.3, -0.25) is 14.8 Å². The van der Waals surface area contributed by atoms with E-state index in [1.807, 2.05) is 18.2 Å². The van der Waals surface area contributed by atoms with Gasteiger partial charge in [0.15, 0.2) is 5.82 Å². The van der Waals surface area contributed by atoms with Gasteiger partial charge >= 0.3 is 0 Å². The number of aryl methyl sites for hydroxylation is 1. The second kappa shape index (κ2) is 7.77. The molecule has 0 aliphatic heterocycles. The Morgan fingerprint density at radius 1 is 1.28 bits per heavy atom. The number of hydrogen-bond donors (Lipinski definition) is 2. The molecule has 0 bridgehead atoms. The fraction of sp³-hybridized carbons (Fsp3) is 0.263. The quantitative estimate of drug-likeness (QED) is 0.509. The van der Waals surface area contributed by atoms with Crippen molar-refractivity contribution < 1.29 is 14.4 Å². The smallest absolute Gasteiger partial charge is 0.251 e. The number of amides is 1. The summed E-state index contributed by atoms with van der Waals surface area (Å²) in [5.74, 6) is 4.30. The topological polar surface area (TPSA) is 71.3 Å². The molecular weight excluding hydrogens is 323 g/mol. The van der Waals surface area contributed by atoms with Crippen molar-refractivity contribution in [2.45, 2.75) is 26.8 Å². The zero-order chi connectivity index (χ0) is 18.4. The van der Waals surface area contributed by atoms with Gasteiger partial charge in [-0.05, 0) is 18.6 Å². The van der Waals surface area contributed by atoms with Crippen LogP contribution in [0.4, 0.5) is 4.39 Å². The average molecular weight is 342 g/mol. The highest BCUT2D eigenvalue weighted by Crippen LogP contribution is 2.21. The number of hydroxylamine groups is 1. The van der Waals surface area contributed by atoms with Gasteiger partial charge in [0.25, 0.3) is 5.56 Å². The molecule has 0 radical (unpaired) electrons. The number of benzene rings is 1. The van der Waals surface area contributed by atoms with E-state index >= 15 is 0 Å². The molecule has 2 aromatic rings. The Morgan fingerprint density at radius 2 is 1.96 bits per heavy atom. The SMILES string of the molecule is CC(C)(CCn1cc(F)c(C#Cc2ccccc2)cc1=O)C(=O)NO. The van der Waals surface area contributed by atoms with Crippen LogP contribution in [0.15, 0.2) is 47.4 Å². The minimum absolute atomic E-state index is 0.0254. The first-order valence-corrected chi connectivity index (χ1v) is 7.75. The zero-order valence-electron chi connectivity index (χ0n) is 14.0. The lowest BCUT2D eigenvalue weighted by Gasteiger charge is -2.22. The number of carbonyl (C=O) groups is 1. The molecule has 0 saturated carbocycles. The number of halogens is 1. The van der Waals surface area contributed by atoms with Crippen LogP contribution in [0.5, 0.6) is 0 Å². The highest BCUT2D eigenvalue weighted by Gasteiger charge is 2.27. The van der Waals surface area contributed by atoms with Crippen LogP contribution in [0.2, 0.25) is 0 Å². The van der Waals surface area contributed by atoms with Gasteiger partial charge in [0.2, 0.25) is 5.91 Å². The van der Waals surface area contributed by atoms with Gasteiger partial charge < -0.3 is 4.57 Å². The monoisotopic (exact) mass is 342 g/mol. The van der Waals surface area contributed by atoms with Gasteiger partial charge in [-0.15, -0.1) is 0 Å². The fourth-order valence-electron chi connectivity index (χ4n) is 2.14. The van der Waals surface area contributed by atoms with Crippen molar-refractivity contribution in [3.63, 3.8) is 0 Å². The highest BCUT2D eigenvalue weighted by atomic mass is 19.1. The van der Waals surface area contributed by atoms with Gasteiger partial charge in [-0.2, -0.15) is 0 Å². The molecule has 5 nitrogen and oxygen atoms in total. The molecule has 0 unspecified atom stereocenters. The molecule has 130 valence electrons. The Labute approximate surface area is 145 Å². The normalized spacial score (nSPS) is 10.7. The van der Waals surface area contributed by atoms with Crippen molar-refractivity contribution in [1.29, 1.82) is 0 Å². The number of pyridine rings is 1. The number of aromatic nitrogens is 1. The van der Waals surface area contributed by atoms with Crippen molar-refractivity contribution in [1.82, 2.24) is 10.0 Å². The largest absolute Gasteiger partial charge is 0.312 e. The number of nitrogens with zero attached hydrogens (tertiary/aromatic N) is 1. The molecule has 2 N–H and O–H groups in total. The van der Waals surface area contributed by atoms with Gasteiger partial charge in [0.1, 0.15) is 0 Å². The first-order valence-electron chi connectivity index (χ1n) is 7.75. The standard InChI is InChI=1S/C19H19FN2O3/c1-19(2,18(24)21-25)10-11-22-13-16(20)15(12-17(22)23)9-8-14-6-4-3-5-7-14/h3-7,12-13,25H,10-11H2,1-2H3,(H,21,24). The van der Waals surface area contributed by atoms with Gasteiger partial charge in [0.05, 0.1) is 5.56 Å². The predicted octanol–water partition coefficient (Wildman–Crippen LogP) is 2.31. The van der Waals surface area contributed by atoms with E-state index in [0.29, 0.717) is 0 Å². The van der Waals surface area contributed by atoms with Crippen LogP contribution in [0.25, 0.3) is 0 Å². The van der Waals surface area contributed by atoms with Crippen LogP contribution in [0, 0.1) is 23.1 Å². The van der Waals surface area contributed by atoms with Crippen molar-refractivity contribution in [3.8, 4) is 11.8 Å². The van der Waals surface area contributed by atoms with Gasteiger partial charge in [0, 0.05) is 29.8 Å². The summed E-state index contributed by atoms with van der Waals surface area (Å²) in [6.07, 6.45) is 1.35. The van der Waals surface area contributed by atoms with Crippen LogP contribution in [0.1, 0.15) is 31.4 Å². The lowest BCUT2D eigenvalue weighted by atomic mass is 9.88. The van der Waals surface area contributed by atoms with E-state index in [1.54, 1.807) is 31.5 Å². The minimum Gasteiger partial charge on any atom is -0.312 e. The maximum Gasteiger partial charge on any atom is 0.251 e. The maximum absolute atomic E-state index is 14.2. The summed E-state index contributed by atoms with van der Waals surface area (Å²) < 4.78 is 15.4. The molecule has 0 saturated heterocycles. The summed E-state index contributed by atoms with van der Waals surface area (Å²) >= 11 is 0. The Balaban J connectivity index is 2.19. The number of rotatable bonds is 4. The maximum atomic E-state index is 14.2. The van der Waals surface area contributed by atoms with E-state index in [0.717, 1.165) is 17.8 Å². The molecule has 0 atom stereocenters. The van der Waals surface area contributed by atoms with Crippen LogP contribution < -0.4 is 11.0 Å². The average Bonchev–Trinajstić information content (AvgIpc) is 2.61. The first-order chi connectivity index (χ1) is 11.8. The first kappa shape index (κ1) is 18.4. The molecule has 1 heterocycles. The summed E-state index contributed by atoms with van der Waals surface area (Å²) in [5, 5.41) is 8.71. The van der Waals surface area contributed by atoms with E-state index < -0.39 is 22.7 Å². The lowest BCUT2D eigenvalue weighted by Crippen LogP contribution is -2.36. The Morgan fingerprint density at radius 3 is 2.60 bits per heavy atom. The molecule has 25 heavy (non-hydrogen) atoms. The molecule has 6 heteroatoms. The molecule has 1 aromatic carbocycles. The zero-order valence-corrected chi connectivity index (χ0v) is 14.0. The van der Waals surface area contributed by atoms with Crippen molar-refractivity contribution >= 4 is 5.91 Å². The molecule has 0 aliphatic rings. The van der Waals surface area contributed by atoms with Crippen molar-refractivity contribution in [2.75, 3.05) is 0 Å². The summed E-state index contributed by atoms with van der Waals surface area (Å²) in [5.41, 5.74) is 1.04. The Hall–Kier alpha value is -2.91. The predicted molar refractivity (Wildman–Crippen MR) is 91.4 cm³/mol. The Kier molecular flexibility index (Phi) is 5.73.